The van der Waals surface area contributed by atoms with Crippen LogP contribution in [-0.4, -0.2) is 32.8 Å². The topological polar surface area (TPSA) is 69.9 Å². The van der Waals surface area contributed by atoms with Crippen LogP contribution in [0.15, 0.2) is 18.6 Å². The van der Waals surface area contributed by atoms with E-state index in [2.05, 4.69) is 15.1 Å². The zero-order valence-corrected chi connectivity index (χ0v) is 12.1. The summed E-state index contributed by atoms with van der Waals surface area (Å²) in [5.74, 6) is 0.262. The second-order valence-electron chi connectivity index (χ2n) is 4.75. The van der Waals surface area contributed by atoms with Gasteiger partial charge < -0.3 is 4.74 Å². The van der Waals surface area contributed by atoms with E-state index in [0.29, 0.717) is 12.2 Å². The van der Waals surface area contributed by atoms with Gasteiger partial charge in [-0.3, -0.25) is 9.78 Å². The average molecular weight is 274 g/mol. The number of rotatable bonds is 4. The van der Waals surface area contributed by atoms with E-state index in [9.17, 15) is 4.79 Å². The first-order valence-electron chi connectivity index (χ1n) is 6.44. The summed E-state index contributed by atoms with van der Waals surface area (Å²) in [5.41, 5.74) is 2.91. The molecule has 0 amide bonds. The fraction of sp³-hybridized carbons (Fsp3) is 0.429. The fourth-order valence-electron chi connectivity index (χ4n) is 2.18. The Labute approximate surface area is 117 Å². The van der Waals surface area contributed by atoms with Gasteiger partial charge in [-0.2, -0.15) is 5.10 Å². The summed E-state index contributed by atoms with van der Waals surface area (Å²) in [7, 11) is 1.40. The van der Waals surface area contributed by atoms with E-state index >= 15 is 0 Å². The molecule has 106 valence electrons. The van der Waals surface area contributed by atoms with Crippen molar-refractivity contribution in [3.8, 4) is 5.82 Å². The van der Waals surface area contributed by atoms with Crippen LogP contribution in [0.1, 0.15) is 23.9 Å². The van der Waals surface area contributed by atoms with Gasteiger partial charge in [0.05, 0.1) is 24.9 Å². The van der Waals surface area contributed by atoms with Gasteiger partial charge in [0.1, 0.15) is 0 Å². The number of esters is 1. The van der Waals surface area contributed by atoms with Crippen molar-refractivity contribution in [1.82, 2.24) is 19.7 Å². The molecule has 0 spiro atoms. The summed E-state index contributed by atoms with van der Waals surface area (Å²) >= 11 is 0. The maximum atomic E-state index is 11.5. The number of aryl methyl sites for hydroxylation is 1. The number of carbonyl (C=O) groups is 1. The highest BCUT2D eigenvalue weighted by Gasteiger charge is 2.20. The lowest BCUT2D eigenvalue weighted by Crippen LogP contribution is -2.16. The van der Waals surface area contributed by atoms with Gasteiger partial charge >= 0.3 is 5.97 Å². The van der Waals surface area contributed by atoms with E-state index in [4.69, 9.17) is 4.74 Å². The van der Waals surface area contributed by atoms with Gasteiger partial charge in [-0.05, 0) is 25.8 Å². The van der Waals surface area contributed by atoms with Crippen molar-refractivity contribution in [3.63, 3.8) is 0 Å². The van der Waals surface area contributed by atoms with Gasteiger partial charge in [-0.1, -0.05) is 6.92 Å². The molecule has 1 unspecified atom stereocenters. The van der Waals surface area contributed by atoms with Gasteiger partial charge in [-0.15, -0.1) is 0 Å². The lowest BCUT2D eigenvalue weighted by atomic mass is 10.00. The van der Waals surface area contributed by atoms with Crippen molar-refractivity contribution in [2.45, 2.75) is 27.2 Å². The van der Waals surface area contributed by atoms with E-state index in [1.807, 2.05) is 20.8 Å². The Bertz CT molecular complexity index is 607. The summed E-state index contributed by atoms with van der Waals surface area (Å²) in [6.45, 7) is 5.75. The van der Waals surface area contributed by atoms with Crippen molar-refractivity contribution in [3.05, 3.63) is 35.5 Å². The van der Waals surface area contributed by atoms with Crippen LogP contribution in [0, 0.1) is 19.8 Å². The molecular weight excluding hydrogens is 256 g/mol. The summed E-state index contributed by atoms with van der Waals surface area (Å²) < 4.78 is 6.52. The zero-order valence-electron chi connectivity index (χ0n) is 12.1. The van der Waals surface area contributed by atoms with Crippen molar-refractivity contribution in [2.75, 3.05) is 7.11 Å². The average Bonchev–Trinajstić information content (AvgIpc) is 2.75. The molecule has 2 heterocycles. The van der Waals surface area contributed by atoms with Crippen molar-refractivity contribution in [1.29, 1.82) is 0 Å². The predicted octanol–water partition coefficient (Wildman–Crippen LogP) is 1.63. The highest BCUT2D eigenvalue weighted by Crippen LogP contribution is 2.20. The molecule has 0 fully saturated rings. The van der Waals surface area contributed by atoms with Crippen LogP contribution in [0.2, 0.25) is 0 Å². The third-order valence-corrected chi connectivity index (χ3v) is 3.32. The largest absolute Gasteiger partial charge is 0.469 e. The fourth-order valence-corrected chi connectivity index (χ4v) is 2.18. The Morgan fingerprint density at radius 3 is 2.75 bits per heavy atom. The van der Waals surface area contributed by atoms with E-state index in [1.165, 1.54) is 7.11 Å². The highest BCUT2D eigenvalue weighted by atomic mass is 16.5. The second kappa shape index (κ2) is 5.81. The number of methoxy groups -OCH3 is 1. The Kier molecular flexibility index (Phi) is 4.12. The van der Waals surface area contributed by atoms with Crippen LogP contribution in [0.5, 0.6) is 0 Å². The first-order chi connectivity index (χ1) is 9.54. The van der Waals surface area contributed by atoms with E-state index in [-0.39, 0.29) is 11.9 Å². The molecule has 0 aliphatic heterocycles. The van der Waals surface area contributed by atoms with Gasteiger partial charge in [0.25, 0.3) is 0 Å². The van der Waals surface area contributed by atoms with E-state index in [0.717, 1.165) is 17.0 Å². The van der Waals surface area contributed by atoms with Gasteiger partial charge in [0.15, 0.2) is 5.82 Å². The minimum atomic E-state index is -0.212. The lowest BCUT2D eigenvalue weighted by molar-refractivity contribution is -0.144. The van der Waals surface area contributed by atoms with Gasteiger partial charge in [-0.25, -0.2) is 9.67 Å². The molecule has 0 aromatic carbocycles. The summed E-state index contributed by atoms with van der Waals surface area (Å²) in [4.78, 5) is 19.8. The smallest absolute Gasteiger partial charge is 0.308 e. The van der Waals surface area contributed by atoms with Crippen LogP contribution >= 0.6 is 0 Å². The predicted molar refractivity (Wildman–Crippen MR) is 73.5 cm³/mol. The van der Waals surface area contributed by atoms with Crippen molar-refractivity contribution in [2.24, 2.45) is 5.92 Å². The van der Waals surface area contributed by atoms with E-state index in [1.54, 1.807) is 23.3 Å². The lowest BCUT2D eigenvalue weighted by Gasteiger charge is -2.09. The van der Waals surface area contributed by atoms with Crippen LogP contribution in [0.25, 0.3) is 5.82 Å². The summed E-state index contributed by atoms with van der Waals surface area (Å²) in [6, 6.07) is 0. The van der Waals surface area contributed by atoms with E-state index < -0.39 is 0 Å². The normalized spacial score (nSPS) is 12.2. The molecule has 2 rings (SSSR count). The zero-order chi connectivity index (χ0) is 14.7. The standard InChI is InChI=1S/C14H18N4O2/c1-9(14(19)20-4)7-12-10(2)17-18(11(12)3)13-8-15-5-6-16-13/h5-6,8-9H,7H2,1-4H3. The number of aromatic nitrogens is 4. The number of ether oxygens (including phenoxy) is 1. The molecule has 6 nitrogen and oxygen atoms in total. The Balaban J connectivity index is 2.33. The molecule has 0 radical (unpaired) electrons. The Morgan fingerprint density at radius 2 is 2.15 bits per heavy atom. The molecule has 0 aliphatic rings. The molecule has 20 heavy (non-hydrogen) atoms. The summed E-state index contributed by atoms with van der Waals surface area (Å²) in [5, 5.41) is 4.48. The first kappa shape index (κ1) is 14.2. The third kappa shape index (κ3) is 2.68. The van der Waals surface area contributed by atoms with Gasteiger partial charge in [0.2, 0.25) is 0 Å². The van der Waals surface area contributed by atoms with Crippen LogP contribution in [0.3, 0.4) is 0 Å². The Morgan fingerprint density at radius 1 is 1.40 bits per heavy atom. The molecule has 0 saturated carbocycles. The third-order valence-electron chi connectivity index (χ3n) is 3.32. The maximum Gasteiger partial charge on any atom is 0.308 e. The summed E-state index contributed by atoms with van der Waals surface area (Å²) in [6.07, 6.45) is 5.51. The molecule has 0 N–H and O–H groups in total. The molecule has 6 heteroatoms. The molecule has 1 atom stereocenters. The highest BCUT2D eigenvalue weighted by molar-refractivity contribution is 5.72. The van der Waals surface area contributed by atoms with Crippen molar-refractivity contribution < 1.29 is 9.53 Å². The molecule has 0 aliphatic carbocycles. The maximum absolute atomic E-state index is 11.5. The first-order valence-corrected chi connectivity index (χ1v) is 6.44. The van der Waals surface area contributed by atoms with Gasteiger partial charge in [0, 0.05) is 18.1 Å². The quantitative estimate of drug-likeness (QED) is 0.792. The van der Waals surface area contributed by atoms with Crippen LogP contribution < -0.4 is 0 Å². The van der Waals surface area contributed by atoms with Crippen molar-refractivity contribution >= 4 is 5.97 Å². The second-order valence-corrected chi connectivity index (χ2v) is 4.75. The molecule has 0 bridgehead atoms. The van der Waals surface area contributed by atoms with Crippen LogP contribution in [0.4, 0.5) is 0 Å². The minimum Gasteiger partial charge on any atom is -0.469 e. The number of nitrogens with zero attached hydrogens (tertiary/aromatic N) is 4. The molecule has 2 aromatic heterocycles. The number of hydrogen-bond donors (Lipinski definition) is 0. The monoisotopic (exact) mass is 274 g/mol. The number of hydrogen-bond acceptors (Lipinski definition) is 5. The Hall–Kier alpha value is -2.24. The molecule has 0 saturated heterocycles. The molecular formula is C14H18N4O2. The minimum absolute atomic E-state index is 0.197. The SMILES string of the molecule is COC(=O)C(C)Cc1c(C)nn(-c2cnccn2)c1C. The van der Waals surface area contributed by atoms with Crippen LogP contribution in [-0.2, 0) is 16.0 Å². The number of carbonyl (C=O) groups excluding carboxylic acids is 1. The molecule has 2 aromatic rings.